The molecule has 0 spiro atoms. The van der Waals surface area contributed by atoms with E-state index >= 15 is 0 Å². The first-order valence-electron chi connectivity index (χ1n) is 3.90. The van der Waals surface area contributed by atoms with Crippen molar-refractivity contribution in [1.82, 2.24) is 4.98 Å². The van der Waals surface area contributed by atoms with Gasteiger partial charge < -0.3 is 10.1 Å². The Bertz CT molecular complexity index is 565. The highest BCUT2D eigenvalue weighted by Crippen LogP contribution is 2.31. The number of carboxylic acid groups (broad SMARTS) is 1. The summed E-state index contributed by atoms with van der Waals surface area (Å²) in [4.78, 5) is 13.0. The molecule has 0 amide bonds. The Hall–Kier alpha value is -1.26. The van der Waals surface area contributed by atoms with E-state index in [4.69, 9.17) is 28.3 Å². The van der Waals surface area contributed by atoms with Gasteiger partial charge in [-0.3, -0.25) is 0 Å². The van der Waals surface area contributed by atoms with Crippen LogP contribution in [0.2, 0.25) is 10.0 Å². The van der Waals surface area contributed by atoms with E-state index < -0.39 is 11.8 Å². The van der Waals surface area contributed by atoms with Crippen LogP contribution >= 0.6 is 23.2 Å². The molecule has 2 rings (SSSR count). The third-order valence-electron chi connectivity index (χ3n) is 1.99. The number of H-pyrrole nitrogens is 1. The van der Waals surface area contributed by atoms with Gasteiger partial charge in [-0.15, -0.1) is 0 Å². The van der Waals surface area contributed by atoms with Gasteiger partial charge in [-0.1, -0.05) is 23.2 Å². The molecule has 0 bridgehead atoms. The molecule has 2 aromatic rings. The lowest BCUT2D eigenvalue weighted by Crippen LogP contribution is -1.95. The number of hydrogen-bond acceptors (Lipinski definition) is 1. The van der Waals surface area contributed by atoms with E-state index in [1.165, 1.54) is 12.1 Å². The van der Waals surface area contributed by atoms with Gasteiger partial charge in [0.1, 0.15) is 5.69 Å². The molecular formula is C9H4Cl2FNO2. The van der Waals surface area contributed by atoms with Gasteiger partial charge in [-0.25, -0.2) is 9.18 Å². The Balaban J connectivity index is 2.85. The summed E-state index contributed by atoms with van der Waals surface area (Å²) in [6.07, 6.45) is 0. The van der Waals surface area contributed by atoms with E-state index in [1.54, 1.807) is 0 Å². The van der Waals surface area contributed by atoms with Gasteiger partial charge in [0.2, 0.25) is 0 Å². The van der Waals surface area contributed by atoms with Crippen LogP contribution in [0.4, 0.5) is 4.39 Å². The molecule has 0 saturated carbocycles. The molecule has 15 heavy (non-hydrogen) atoms. The normalized spacial score (nSPS) is 10.9. The first-order chi connectivity index (χ1) is 7.00. The second-order valence-electron chi connectivity index (χ2n) is 2.93. The predicted molar refractivity (Wildman–Crippen MR) is 55.2 cm³/mol. The molecule has 0 fully saturated rings. The highest BCUT2D eigenvalue weighted by Gasteiger charge is 2.15. The van der Waals surface area contributed by atoms with Crippen molar-refractivity contribution in [3.63, 3.8) is 0 Å². The third-order valence-corrected chi connectivity index (χ3v) is 2.58. The monoisotopic (exact) mass is 247 g/mol. The van der Waals surface area contributed by atoms with Gasteiger partial charge in [-0.05, 0) is 12.1 Å². The highest BCUT2D eigenvalue weighted by molar-refractivity contribution is 6.38. The standard InChI is InChI=1S/C9H4Cl2FNO2/c10-4-2-5(11)7(12)8-3(4)1-6(13-8)9(14)15/h1-2,13H,(H,14,15). The van der Waals surface area contributed by atoms with Crippen molar-refractivity contribution in [2.45, 2.75) is 0 Å². The number of aromatic carboxylic acids is 1. The third kappa shape index (κ3) is 1.56. The summed E-state index contributed by atoms with van der Waals surface area (Å²) < 4.78 is 13.4. The Morgan fingerprint density at radius 1 is 1.33 bits per heavy atom. The number of nitrogens with one attached hydrogen (secondary N) is 1. The molecule has 0 aliphatic carbocycles. The molecule has 0 aliphatic heterocycles. The number of carbonyl (C=O) groups is 1. The summed E-state index contributed by atoms with van der Waals surface area (Å²) in [5.41, 5.74) is -0.127. The van der Waals surface area contributed by atoms with E-state index in [2.05, 4.69) is 4.98 Å². The quantitative estimate of drug-likeness (QED) is 0.760. The number of benzene rings is 1. The molecule has 1 heterocycles. The lowest BCUT2D eigenvalue weighted by atomic mass is 10.2. The maximum Gasteiger partial charge on any atom is 0.352 e. The Morgan fingerprint density at radius 3 is 2.60 bits per heavy atom. The van der Waals surface area contributed by atoms with E-state index in [9.17, 15) is 9.18 Å². The van der Waals surface area contributed by atoms with Crippen LogP contribution < -0.4 is 0 Å². The molecule has 0 aliphatic rings. The summed E-state index contributed by atoms with van der Waals surface area (Å²) in [5, 5.41) is 9.07. The van der Waals surface area contributed by atoms with E-state index in [0.29, 0.717) is 5.39 Å². The summed E-state index contributed by atoms with van der Waals surface area (Å²) in [5.74, 6) is -1.89. The minimum absolute atomic E-state index is 0.00454. The zero-order valence-electron chi connectivity index (χ0n) is 7.14. The number of fused-ring (bicyclic) bond motifs is 1. The molecule has 0 saturated heterocycles. The molecule has 6 heteroatoms. The summed E-state index contributed by atoms with van der Waals surface area (Å²) >= 11 is 11.3. The van der Waals surface area contributed by atoms with Gasteiger partial charge in [0, 0.05) is 5.39 Å². The first kappa shape index (κ1) is 10.3. The predicted octanol–water partition coefficient (Wildman–Crippen LogP) is 3.31. The van der Waals surface area contributed by atoms with Crippen molar-refractivity contribution in [3.8, 4) is 0 Å². The smallest absolute Gasteiger partial charge is 0.352 e. The van der Waals surface area contributed by atoms with Crippen LogP contribution in [0, 0.1) is 5.82 Å². The lowest BCUT2D eigenvalue weighted by molar-refractivity contribution is 0.0691. The minimum Gasteiger partial charge on any atom is -0.477 e. The summed E-state index contributed by atoms with van der Waals surface area (Å²) in [6.45, 7) is 0. The second kappa shape index (κ2) is 3.40. The number of halogens is 3. The number of carboxylic acids is 1. The molecule has 1 aromatic carbocycles. The fraction of sp³-hybridized carbons (Fsp3) is 0. The van der Waals surface area contributed by atoms with Crippen molar-refractivity contribution in [3.05, 3.63) is 33.7 Å². The topological polar surface area (TPSA) is 53.1 Å². The molecule has 0 radical (unpaired) electrons. The number of rotatable bonds is 1. The Kier molecular flexibility index (Phi) is 2.32. The van der Waals surface area contributed by atoms with Crippen LogP contribution in [0.15, 0.2) is 12.1 Å². The minimum atomic E-state index is -1.18. The Morgan fingerprint density at radius 2 is 2.00 bits per heavy atom. The van der Waals surface area contributed by atoms with Crippen LogP contribution in [0.3, 0.4) is 0 Å². The largest absolute Gasteiger partial charge is 0.477 e. The maximum atomic E-state index is 13.4. The molecule has 0 atom stereocenters. The van der Waals surface area contributed by atoms with Crippen LogP contribution in [-0.4, -0.2) is 16.1 Å². The van der Waals surface area contributed by atoms with Crippen LogP contribution in [0.25, 0.3) is 10.9 Å². The van der Waals surface area contributed by atoms with E-state index in [0.717, 1.165) is 0 Å². The van der Waals surface area contributed by atoms with Crippen molar-refractivity contribution in [2.75, 3.05) is 0 Å². The van der Waals surface area contributed by atoms with Crippen LogP contribution in [0.1, 0.15) is 10.5 Å². The van der Waals surface area contributed by atoms with Gasteiger partial charge in [0.25, 0.3) is 0 Å². The number of aromatic amines is 1. The van der Waals surface area contributed by atoms with Crippen molar-refractivity contribution >= 4 is 40.1 Å². The van der Waals surface area contributed by atoms with Gasteiger partial charge in [0.15, 0.2) is 5.82 Å². The first-order valence-corrected chi connectivity index (χ1v) is 4.66. The summed E-state index contributed by atoms with van der Waals surface area (Å²) in [6, 6.07) is 2.50. The van der Waals surface area contributed by atoms with Gasteiger partial charge in [-0.2, -0.15) is 0 Å². The van der Waals surface area contributed by atoms with Crippen LogP contribution in [0.5, 0.6) is 0 Å². The van der Waals surface area contributed by atoms with Gasteiger partial charge >= 0.3 is 5.97 Å². The molecular weight excluding hydrogens is 244 g/mol. The van der Waals surface area contributed by atoms with Crippen molar-refractivity contribution < 1.29 is 14.3 Å². The zero-order valence-corrected chi connectivity index (χ0v) is 8.66. The van der Waals surface area contributed by atoms with Crippen molar-refractivity contribution in [1.29, 1.82) is 0 Å². The number of aromatic nitrogens is 1. The highest BCUT2D eigenvalue weighted by atomic mass is 35.5. The molecule has 78 valence electrons. The van der Waals surface area contributed by atoms with E-state index in [-0.39, 0.29) is 21.3 Å². The molecule has 1 aromatic heterocycles. The van der Waals surface area contributed by atoms with E-state index in [1.807, 2.05) is 0 Å². The summed E-state index contributed by atoms with van der Waals surface area (Å²) in [7, 11) is 0. The fourth-order valence-electron chi connectivity index (χ4n) is 1.30. The zero-order chi connectivity index (χ0) is 11.2. The van der Waals surface area contributed by atoms with Crippen molar-refractivity contribution in [2.24, 2.45) is 0 Å². The van der Waals surface area contributed by atoms with Crippen LogP contribution in [-0.2, 0) is 0 Å². The number of hydrogen-bond donors (Lipinski definition) is 2. The average molecular weight is 248 g/mol. The average Bonchev–Trinajstić information content (AvgIpc) is 2.59. The molecule has 2 N–H and O–H groups in total. The maximum absolute atomic E-state index is 13.4. The second-order valence-corrected chi connectivity index (χ2v) is 3.75. The van der Waals surface area contributed by atoms with Gasteiger partial charge in [0.05, 0.1) is 15.6 Å². The lowest BCUT2D eigenvalue weighted by Gasteiger charge is -1.97. The molecule has 0 unspecified atom stereocenters. The SMILES string of the molecule is O=C(O)c1cc2c(Cl)cc(Cl)c(F)c2[nH]1. The fourth-order valence-corrected chi connectivity index (χ4v) is 1.82. The Labute approximate surface area is 93.4 Å². The molecule has 3 nitrogen and oxygen atoms in total.